The first-order valence-corrected chi connectivity index (χ1v) is 6.43. The Morgan fingerprint density at radius 1 is 1.47 bits per heavy atom. The number of hydrogen-bond acceptors (Lipinski definition) is 3. The van der Waals surface area contributed by atoms with Crippen molar-refractivity contribution in [3.8, 4) is 0 Å². The minimum Gasteiger partial charge on any atom is -0.369 e. The van der Waals surface area contributed by atoms with Gasteiger partial charge in [-0.2, -0.15) is 0 Å². The number of rotatable bonds is 4. The van der Waals surface area contributed by atoms with Crippen LogP contribution in [-0.2, 0) is 9.53 Å². The quantitative estimate of drug-likeness (QED) is 0.784. The maximum Gasteiger partial charge on any atom is 0.252 e. The first-order valence-electron chi connectivity index (χ1n) is 6.43. The number of methoxy groups -OCH3 is 1. The van der Waals surface area contributed by atoms with Gasteiger partial charge in [-0.1, -0.05) is 6.92 Å². The average molecular weight is 242 g/mol. The van der Waals surface area contributed by atoms with Crippen LogP contribution in [0.1, 0.15) is 46.5 Å². The Bertz CT molecular complexity index is 269. The van der Waals surface area contributed by atoms with E-state index in [2.05, 4.69) is 12.2 Å². The van der Waals surface area contributed by atoms with Crippen LogP contribution in [0.25, 0.3) is 0 Å². The Hall–Kier alpha value is -0.610. The van der Waals surface area contributed by atoms with Crippen LogP contribution in [0.5, 0.6) is 0 Å². The third-order valence-electron chi connectivity index (χ3n) is 4.06. The highest BCUT2D eigenvalue weighted by Gasteiger charge is 2.38. The van der Waals surface area contributed by atoms with Crippen LogP contribution < -0.4 is 11.1 Å². The van der Waals surface area contributed by atoms with E-state index in [-0.39, 0.29) is 11.4 Å². The molecule has 1 amide bonds. The fraction of sp³-hybridized carbons (Fsp3) is 0.923. The molecule has 0 saturated heterocycles. The summed E-state index contributed by atoms with van der Waals surface area (Å²) in [7, 11) is 1.55. The van der Waals surface area contributed by atoms with Gasteiger partial charge in [0.25, 0.3) is 5.91 Å². The van der Waals surface area contributed by atoms with Gasteiger partial charge in [0.15, 0.2) is 0 Å². The van der Waals surface area contributed by atoms with Gasteiger partial charge in [-0.25, -0.2) is 0 Å². The minimum atomic E-state index is -0.786. The largest absolute Gasteiger partial charge is 0.369 e. The Balaban J connectivity index is 2.67. The van der Waals surface area contributed by atoms with Crippen molar-refractivity contribution >= 4 is 5.91 Å². The smallest absolute Gasteiger partial charge is 0.252 e. The molecular weight excluding hydrogens is 216 g/mol. The highest BCUT2D eigenvalue weighted by molar-refractivity contribution is 5.85. The molecule has 0 radical (unpaired) electrons. The molecule has 1 aliphatic carbocycles. The molecule has 0 spiro atoms. The normalized spacial score (nSPS) is 30.1. The lowest BCUT2D eigenvalue weighted by molar-refractivity contribution is -0.142. The van der Waals surface area contributed by atoms with E-state index in [1.807, 2.05) is 0 Å². The number of hydrogen-bond donors (Lipinski definition) is 2. The molecule has 1 fully saturated rings. The maximum atomic E-state index is 12.1. The van der Waals surface area contributed by atoms with Crippen molar-refractivity contribution in [3.05, 3.63) is 0 Å². The van der Waals surface area contributed by atoms with Crippen molar-refractivity contribution in [3.63, 3.8) is 0 Å². The molecule has 0 aromatic carbocycles. The molecule has 0 unspecified atom stereocenters. The van der Waals surface area contributed by atoms with Crippen molar-refractivity contribution in [2.75, 3.05) is 13.7 Å². The molecule has 100 valence electrons. The van der Waals surface area contributed by atoms with E-state index in [1.54, 1.807) is 21.0 Å². The Labute approximate surface area is 104 Å². The van der Waals surface area contributed by atoms with E-state index in [1.165, 1.54) is 0 Å². The highest BCUT2D eigenvalue weighted by atomic mass is 16.5. The van der Waals surface area contributed by atoms with Gasteiger partial charge in [-0.15, -0.1) is 0 Å². The van der Waals surface area contributed by atoms with E-state index >= 15 is 0 Å². The monoisotopic (exact) mass is 242 g/mol. The Morgan fingerprint density at radius 3 is 2.41 bits per heavy atom. The van der Waals surface area contributed by atoms with Crippen molar-refractivity contribution in [1.29, 1.82) is 0 Å². The van der Waals surface area contributed by atoms with Crippen LogP contribution in [0, 0.1) is 5.92 Å². The summed E-state index contributed by atoms with van der Waals surface area (Å²) in [6.45, 7) is 6.31. The standard InChI is InChI=1S/C13H26N2O2/c1-10-5-7-13(9-14,8-6-10)15-11(16)12(2,3)17-4/h10H,5-9,14H2,1-4H3,(H,15,16). The molecule has 17 heavy (non-hydrogen) atoms. The lowest BCUT2D eigenvalue weighted by Crippen LogP contribution is -2.59. The van der Waals surface area contributed by atoms with Crippen LogP contribution in [0.3, 0.4) is 0 Å². The zero-order valence-corrected chi connectivity index (χ0v) is 11.5. The van der Waals surface area contributed by atoms with E-state index in [0.717, 1.165) is 31.6 Å². The molecular formula is C13H26N2O2. The minimum absolute atomic E-state index is 0.0694. The van der Waals surface area contributed by atoms with Crippen molar-refractivity contribution < 1.29 is 9.53 Å². The van der Waals surface area contributed by atoms with Gasteiger partial charge >= 0.3 is 0 Å². The second kappa shape index (κ2) is 5.36. The lowest BCUT2D eigenvalue weighted by atomic mass is 9.77. The third kappa shape index (κ3) is 3.42. The fourth-order valence-electron chi connectivity index (χ4n) is 2.18. The van der Waals surface area contributed by atoms with Gasteiger partial charge in [0.05, 0.1) is 5.54 Å². The van der Waals surface area contributed by atoms with Gasteiger partial charge in [0.2, 0.25) is 0 Å². The molecule has 1 rings (SSSR count). The van der Waals surface area contributed by atoms with Gasteiger partial charge in [0, 0.05) is 13.7 Å². The number of amides is 1. The number of carbonyl (C=O) groups is 1. The first kappa shape index (κ1) is 14.5. The number of nitrogens with two attached hydrogens (primary N) is 1. The molecule has 3 N–H and O–H groups in total. The van der Waals surface area contributed by atoms with E-state index in [9.17, 15) is 4.79 Å². The van der Waals surface area contributed by atoms with Gasteiger partial charge < -0.3 is 15.8 Å². The van der Waals surface area contributed by atoms with E-state index < -0.39 is 5.60 Å². The molecule has 4 heteroatoms. The van der Waals surface area contributed by atoms with Crippen LogP contribution in [0.15, 0.2) is 0 Å². The molecule has 1 aliphatic rings. The summed E-state index contributed by atoms with van der Waals surface area (Å²) >= 11 is 0. The Kier molecular flexibility index (Phi) is 4.55. The second-order valence-electron chi connectivity index (χ2n) is 5.84. The molecule has 0 heterocycles. The summed E-state index contributed by atoms with van der Waals surface area (Å²) in [5, 5.41) is 3.10. The van der Waals surface area contributed by atoms with Crippen molar-refractivity contribution in [1.82, 2.24) is 5.32 Å². The predicted octanol–water partition coefficient (Wildman–Crippen LogP) is 1.44. The zero-order valence-electron chi connectivity index (χ0n) is 11.5. The van der Waals surface area contributed by atoms with Gasteiger partial charge in [0.1, 0.15) is 5.60 Å². The van der Waals surface area contributed by atoms with Crippen molar-refractivity contribution in [2.24, 2.45) is 11.7 Å². The van der Waals surface area contributed by atoms with Crippen LogP contribution in [0.2, 0.25) is 0 Å². The van der Waals surface area contributed by atoms with Gasteiger partial charge in [-0.05, 0) is 45.4 Å². The van der Waals surface area contributed by atoms with Gasteiger partial charge in [-0.3, -0.25) is 4.79 Å². The topological polar surface area (TPSA) is 64.3 Å². The molecule has 0 aliphatic heterocycles. The van der Waals surface area contributed by atoms with Crippen LogP contribution in [0.4, 0.5) is 0 Å². The van der Waals surface area contributed by atoms with Crippen LogP contribution in [-0.4, -0.2) is 30.7 Å². The summed E-state index contributed by atoms with van der Waals surface area (Å²) in [5.74, 6) is 0.669. The maximum absolute atomic E-state index is 12.1. The van der Waals surface area contributed by atoms with E-state index in [0.29, 0.717) is 6.54 Å². The Morgan fingerprint density at radius 2 is 2.00 bits per heavy atom. The second-order valence-corrected chi connectivity index (χ2v) is 5.84. The van der Waals surface area contributed by atoms with Crippen molar-refractivity contribution in [2.45, 2.75) is 57.6 Å². The molecule has 0 atom stereocenters. The number of carbonyl (C=O) groups excluding carboxylic acids is 1. The summed E-state index contributed by atoms with van der Waals surface area (Å²) in [6, 6.07) is 0. The molecule has 0 aromatic rings. The third-order valence-corrected chi connectivity index (χ3v) is 4.06. The summed E-state index contributed by atoms with van der Waals surface area (Å²) in [6.07, 6.45) is 4.20. The molecule has 0 bridgehead atoms. The zero-order chi connectivity index (χ0) is 13.1. The average Bonchev–Trinajstić information content (AvgIpc) is 2.32. The highest BCUT2D eigenvalue weighted by Crippen LogP contribution is 2.31. The molecule has 1 saturated carbocycles. The lowest BCUT2D eigenvalue weighted by Gasteiger charge is -2.41. The molecule has 4 nitrogen and oxygen atoms in total. The summed E-state index contributed by atoms with van der Waals surface area (Å²) in [4.78, 5) is 12.1. The first-order chi connectivity index (χ1) is 7.85. The van der Waals surface area contributed by atoms with Crippen LogP contribution >= 0.6 is 0 Å². The SMILES string of the molecule is COC(C)(C)C(=O)NC1(CN)CCC(C)CC1. The van der Waals surface area contributed by atoms with E-state index in [4.69, 9.17) is 10.5 Å². The molecule has 0 aromatic heterocycles. The summed E-state index contributed by atoms with van der Waals surface area (Å²) < 4.78 is 5.20. The predicted molar refractivity (Wildman–Crippen MR) is 68.6 cm³/mol. The fourth-order valence-corrected chi connectivity index (χ4v) is 2.18. The number of nitrogens with one attached hydrogen (secondary N) is 1. The number of ether oxygens (including phenoxy) is 1. The summed E-state index contributed by atoms with van der Waals surface area (Å²) in [5.41, 5.74) is 4.85.